The largest absolute Gasteiger partial charge is 0.354 e. The standard InChI is InChI=1S/C18H16ClN3O/c1-11-4-3-5-14-16(8-9-20-18(11)14)22-17-10-13(21-12(2)23)6-7-15(17)19/h3-10H,1-2H3,(H,20,22)(H,21,23). The van der Waals surface area contributed by atoms with Gasteiger partial charge in [-0.1, -0.05) is 29.8 Å². The Morgan fingerprint density at radius 2 is 1.96 bits per heavy atom. The Hall–Kier alpha value is -2.59. The summed E-state index contributed by atoms with van der Waals surface area (Å²) in [5.74, 6) is -0.122. The molecule has 3 rings (SSSR count). The number of hydrogen-bond donors (Lipinski definition) is 2. The minimum atomic E-state index is -0.122. The number of nitrogens with one attached hydrogen (secondary N) is 2. The quantitative estimate of drug-likeness (QED) is 0.720. The molecular weight excluding hydrogens is 310 g/mol. The average molecular weight is 326 g/mol. The monoisotopic (exact) mass is 325 g/mol. The molecule has 0 aliphatic heterocycles. The number of pyridine rings is 1. The number of amides is 1. The fourth-order valence-corrected chi connectivity index (χ4v) is 2.64. The summed E-state index contributed by atoms with van der Waals surface area (Å²) in [6.07, 6.45) is 1.77. The molecule has 2 N–H and O–H groups in total. The molecule has 3 aromatic rings. The number of para-hydroxylation sites is 1. The van der Waals surface area contributed by atoms with E-state index in [1.807, 2.05) is 37.3 Å². The number of hydrogen-bond acceptors (Lipinski definition) is 3. The van der Waals surface area contributed by atoms with E-state index in [1.54, 1.807) is 18.3 Å². The van der Waals surface area contributed by atoms with Crippen LogP contribution in [0.1, 0.15) is 12.5 Å². The summed E-state index contributed by atoms with van der Waals surface area (Å²) in [4.78, 5) is 15.6. The zero-order valence-electron chi connectivity index (χ0n) is 12.9. The van der Waals surface area contributed by atoms with Gasteiger partial charge in [0.1, 0.15) is 0 Å². The van der Waals surface area contributed by atoms with Crippen molar-refractivity contribution >= 4 is 45.5 Å². The van der Waals surface area contributed by atoms with Gasteiger partial charge in [-0.05, 0) is 36.8 Å². The van der Waals surface area contributed by atoms with Crippen molar-refractivity contribution in [3.63, 3.8) is 0 Å². The van der Waals surface area contributed by atoms with E-state index in [2.05, 4.69) is 15.6 Å². The number of carbonyl (C=O) groups is 1. The smallest absolute Gasteiger partial charge is 0.221 e. The predicted molar refractivity (Wildman–Crippen MR) is 95.5 cm³/mol. The SMILES string of the molecule is CC(=O)Nc1ccc(Cl)c(Nc2ccnc3c(C)cccc23)c1. The Kier molecular flexibility index (Phi) is 4.17. The van der Waals surface area contributed by atoms with E-state index in [9.17, 15) is 4.79 Å². The van der Waals surface area contributed by atoms with Crippen LogP contribution in [-0.4, -0.2) is 10.9 Å². The van der Waals surface area contributed by atoms with Crippen LogP contribution in [0.4, 0.5) is 17.1 Å². The van der Waals surface area contributed by atoms with Crippen molar-refractivity contribution in [2.75, 3.05) is 10.6 Å². The molecule has 2 aromatic carbocycles. The molecule has 1 heterocycles. The van der Waals surface area contributed by atoms with E-state index < -0.39 is 0 Å². The van der Waals surface area contributed by atoms with E-state index in [-0.39, 0.29) is 5.91 Å². The summed E-state index contributed by atoms with van der Waals surface area (Å²) in [6, 6.07) is 13.3. The molecule has 0 spiro atoms. The topological polar surface area (TPSA) is 54.0 Å². The maximum Gasteiger partial charge on any atom is 0.221 e. The zero-order chi connectivity index (χ0) is 16.4. The van der Waals surface area contributed by atoms with Gasteiger partial charge >= 0.3 is 0 Å². The first-order chi connectivity index (χ1) is 11.0. The number of rotatable bonds is 3. The van der Waals surface area contributed by atoms with Crippen LogP contribution in [0.3, 0.4) is 0 Å². The van der Waals surface area contributed by atoms with E-state index in [4.69, 9.17) is 11.6 Å². The molecule has 0 saturated carbocycles. The lowest BCUT2D eigenvalue weighted by Gasteiger charge is -2.13. The molecule has 1 aromatic heterocycles. The van der Waals surface area contributed by atoms with Crippen LogP contribution in [0, 0.1) is 6.92 Å². The van der Waals surface area contributed by atoms with Crippen molar-refractivity contribution in [2.24, 2.45) is 0 Å². The Labute approximate surface area is 139 Å². The lowest BCUT2D eigenvalue weighted by molar-refractivity contribution is -0.114. The summed E-state index contributed by atoms with van der Waals surface area (Å²) in [6.45, 7) is 3.50. The lowest BCUT2D eigenvalue weighted by Crippen LogP contribution is -2.06. The van der Waals surface area contributed by atoms with Gasteiger partial charge in [0.15, 0.2) is 0 Å². The maximum atomic E-state index is 11.2. The van der Waals surface area contributed by atoms with Crippen LogP contribution < -0.4 is 10.6 Å². The predicted octanol–water partition coefficient (Wildman–Crippen LogP) is 4.90. The molecule has 5 heteroatoms. The third-order valence-corrected chi connectivity index (χ3v) is 3.86. The molecule has 0 saturated heterocycles. The third-order valence-electron chi connectivity index (χ3n) is 3.53. The van der Waals surface area contributed by atoms with Crippen molar-refractivity contribution < 1.29 is 4.79 Å². The number of nitrogens with zero attached hydrogens (tertiary/aromatic N) is 1. The number of fused-ring (bicyclic) bond motifs is 1. The number of benzene rings is 2. The molecule has 0 bridgehead atoms. The Bertz CT molecular complexity index is 893. The number of aryl methyl sites for hydroxylation is 1. The van der Waals surface area contributed by atoms with E-state index in [1.165, 1.54) is 6.92 Å². The highest BCUT2D eigenvalue weighted by Gasteiger charge is 2.08. The van der Waals surface area contributed by atoms with Crippen LogP contribution in [-0.2, 0) is 4.79 Å². The molecule has 1 amide bonds. The molecule has 0 atom stereocenters. The Morgan fingerprint density at radius 3 is 2.74 bits per heavy atom. The third kappa shape index (κ3) is 3.27. The second kappa shape index (κ2) is 6.26. The van der Waals surface area contributed by atoms with Gasteiger partial charge in [-0.25, -0.2) is 0 Å². The number of carbonyl (C=O) groups excluding carboxylic acids is 1. The minimum Gasteiger partial charge on any atom is -0.354 e. The Morgan fingerprint density at radius 1 is 1.13 bits per heavy atom. The van der Waals surface area contributed by atoms with Gasteiger partial charge in [-0.3, -0.25) is 9.78 Å². The number of anilines is 3. The number of halogens is 1. The molecule has 0 aliphatic rings. The van der Waals surface area contributed by atoms with Crippen LogP contribution in [0.5, 0.6) is 0 Å². The highest BCUT2D eigenvalue weighted by molar-refractivity contribution is 6.33. The summed E-state index contributed by atoms with van der Waals surface area (Å²) in [5.41, 5.74) is 4.40. The zero-order valence-corrected chi connectivity index (χ0v) is 13.6. The average Bonchev–Trinajstić information content (AvgIpc) is 2.51. The molecule has 4 nitrogen and oxygen atoms in total. The number of aromatic nitrogens is 1. The summed E-state index contributed by atoms with van der Waals surface area (Å²) < 4.78 is 0. The fraction of sp³-hybridized carbons (Fsp3) is 0.111. The minimum absolute atomic E-state index is 0.122. The van der Waals surface area contributed by atoms with Crippen LogP contribution >= 0.6 is 11.6 Å². The summed E-state index contributed by atoms with van der Waals surface area (Å²) in [5, 5.41) is 7.69. The van der Waals surface area contributed by atoms with Crippen LogP contribution in [0.25, 0.3) is 10.9 Å². The highest BCUT2D eigenvalue weighted by Crippen LogP contribution is 2.32. The summed E-state index contributed by atoms with van der Waals surface area (Å²) >= 11 is 6.27. The van der Waals surface area contributed by atoms with Gasteiger partial charge in [-0.2, -0.15) is 0 Å². The van der Waals surface area contributed by atoms with Crippen molar-refractivity contribution in [2.45, 2.75) is 13.8 Å². The van der Waals surface area contributed by atoms with Crippen molar-refractivity contribution in [1.29, 1.82) is 0 Å². The van der Waals surface area contributed by atoms with Crippen LogP contribution in [0.2, 0.25) is 5.02 Å². The normalized spacial score (nSPS) is 10.6. The second-order valence-electron chi connectivity index (χ2n) is 5.33. The first-order valence-electron chi connectivity index (χ1n) is 7.23. The molecular formula is C18H16ClN3O. The maximum absolute atomic E-state index is 11.2. The highest BCUT2D eigenvalue weighted by atomic mass is 35.5. The second-order valence-corrected chi connectivity index (χ2v) is 5.74. The van der Waals surface area contributed by atoms with Gasteiger partial charge < -0.3 is 10.6 Å². The van der Waals surface area contributed by atoms with Crippen LogP contribution in [0.15, 0.2) is 48.7 Å². The van der Waals surface area contributed by atoms with Gasteiger partial charge in [0.2, 0.25) is 5.91 Å². The van der Waals surface area contributed by atoms with Crippen molar-refractivity contribution in [3.05, 3.63) is 59.2 Å². The van der Waals surface area contributed by atoms with Crippen molar-refractivity contribution in [1.82, 2.24) is 4.98 Å². The molecule has 0 unspecified atom stereocenters. The molecule has 116 valence electrons. The lowest BCUT2D eigenvalue weighted by atomic mass is 10.1. The Balaban J connectivity index is 2.02. The van der Waals surface area contributed by atoms with Crippen molar-refractivity contribution in [3.8, 4) is 0 Å². The van der Waals surface area contributed by atoms with Gasteiger partial charge in [0.05, 0.1) is 16.2 Å². The molecule has 0 radical (unpaired) electrons. The van der Waals surface area contributed by atoms with E-state index in [0.29, 0.717) is 10.7 Å². The summed E-state index contributed by atoms with van der Waals surface area (Å²) in [7, 11) is 0. The van der Waals surface area contributed by atoms with E-state index >= 15 is 0 Å². The van der Waals surface area contributed by atoms with Gasteiger partial charge in [0, 0.05) is 29.9 Å². The fourth-order valence-electron chi connectivity index (χ4n) is 2.48. The molecule has 0 fully saturated rings. The molecule has 23 heavy (non-hydrogen) atoms. The van der Waals surface area contributed by atoms with E-state index in [0.717, 1.165) is 27.8 Å². The van der Waals surface area contributed by atoms with Gasteiger partial charge in [-0.15, -0.1) is 0 Å². The first kappa shape index (κ1) is 15.3. The van der Waals surface area contributed by atoms with Gasteiger partial charge in [0.25, 0.3) is 0 Å². The first-order valence-corrected chi connectivity index (χ1v) is 7.61. The molecule has 0 aliphatic carbocycles.